The second-order valence-corrected chi connectivity index (χ2v) is 8.21. The van der Waals surface area contributed by atoms with Crippen molar-refractivity contribution < 1.29 is 9.53 Å². The van der Waals surface area contributed by atoms with E-state index in [1.54, 1.807) is 7.11 Å². The first-order valence-corrected chi connectivity index (χ1v) is 10.2. The van der Waals surface area contributed by atoms with Crippen LogP contribution in [0.15, 0.2) is 29.4 Å². The first kappa shape index (κ1) is 19.5. The molecule has 0 aliphatic heterocycles. The van der Waals surface area contributed by atoms with Gasteiger partial charge in [-0.25, -0.2) is 4.68 Å². The monoisotopic (exact) mass is 389 g/mol. The van der Waals surface area contributed by atoms with Crippen LogP contribution < -0.4 is 10.6 Å². The number of ether oxygens (including phenoxy) is 1. The predicted molar refractivity (Wildman–Crippen MR) is 107 cm³/mol. The zero-order valence-corrected chi connectivity index (χ0v) is 16.9. The van der Waals surface area contributed by atoms with E-state index < -0.39 is 0 Å². The molecule has 0 saturated heterocycles. The Morgan fingerprint density at radius 2 is 1.93 bits per heavy atom. The first-order chi connectivity index (χ1) is 13.0. The standard InChI is InChI=1S/C19H27N5O2S/c1-13(18(25)23(2)15-7-5-4-6-8-15)27-19-22-21-17(24(19)20)14-9-11-16(26-3)12-10-14/h9-13,15H,4-8,20H2,1-3H3. The Morgan fingerprint density at radius 1 is 1.26 bits per heavy atom. The van der Waals surface area contributed by atoms with E-state index in [1.807, 2.05) is 43.1 Å². The summed E-state index contributed by atoms with van der Waals surface area (Å²) in [6.45, 7) is 1.90. The molecule has 1 amide bonds. The number of nitrogens with zero attached hydrogens (tertiary/aromatic N) is 4. The SMILES string of the molecule is COc1ccc(-c2nnc(SC(C)C(=O)N(C)C3CCCCC3)n2N)cc1. The molecule has 1 atom stereocenters. The summed E-state index contributed by atoms with van der Waals surface area (Å²) in [6, 6.07) is 7.81. The molecular formula is C19H27N5O2S. The molecule has 0 spiro atoms. The van der Waals surface area contributed by atoms with Gasteiger partial charge >= 0.3 is 0 Å². The second-order valence-electron chi connectivity index (χ2n) is 6.91. The largest absolute Gasteiger partial charge is 0.497 e. The van der Waals surface area contributed by atoms with Crippen molar-refractivity contribution in [3.63, 3.8) is 0 Å². The fourth-order valence-electron chi connectivity index (χ4n) is 3.44. The number of thioether (sulfide) groups is 1. The molecule has 0 radical (unpaired) electrons. The third-order valence-electron chi connectivity index (χ3n) is 5.11. The van der Waals surface area contributed by atoms with Crippen LogP contribution in [0, 0.1) is 0 Å². The first-order valence-electron chi connectivity index (χ1n) is 9.29. The number of amides is 1. The topological polar surface area (TPSA) is 86.3 Å². The average Bonchev–Trinajstić information content (AvgIpc) is 3.07. The van der Waals surface area contributed by atoms with Gasteiger partial charge < -0.3 is 15.5 Å². The summed E-state index contributed by atoms with van der Waals surface area (Å²) in [5.74, 6) is 7.62. The summed E-state index contributed by atoms with van der Waals surface area (Å²) in [6.07, 6.45) is 5.86. The van der Waals surface area contributed by atoms with Crippen LogP contribution in [0.25, 0.3) is 11.4 Å². The predicted octanol–water partition coefficient (Wildman–Crippen LogP) is 2.94. The summed E-state index contributed by atoms with van der Waals surface area (Å²) in [7, 11) is 3.53. The molecule has 3 rings (SSSR count). The minimum absolute atomic E-state index is 0.112. The Kier molecular flexibility index (Phi) is 6.26. The summed E-state index contributed by atoms with van der Waals surface area (Å²) >= 11 is 1.34. The van der Waals surface area contributed by atoms with Crippen LogP contribution >= 0.6 is 11.8 Å². The number of carbonyl (C=O) groups excluding carboxylic acids is 1. The van der Waals surface area contributed by atoms with Crippen LogP contribution in [-0.4, -0.2) is 51.1 Å². The molecule has 2 N–H and O–H groups in total. The normalized spacial score (nSPS) is 16.1. The van der Waals surface area contributed by atoms with Gasteiger partial charge in [-0.05, 0) is 44.0 Å². The van der Waals surface area contributed by atoms with E-state index in [9.17, 15) is 4.79 Å². The van der Waals surface area contributed by atoms with Crippen molar-refractivity contribution in [2.75, 3.05) is 20.0 Å². The maximum absolute atomic E-state index is 12.8. The Morgan fingerprint density at radius 3 is 2.56 bits per heavy atom. The fraction of sp³-hybridized carbons (Fsp3) is 0.526. The van der Waals surface area contributed by atoms with Gasteiger partial charge in [0.2, 0.25) is 11.1 Å². The van der Waals surface area contributed by atoms with Crippen LogP contribution in [0.1, 0.15) is 39.0 Å². The lowest BCUT2D eigenvalue weighted by Crippen LogP contribution is -2.42. The molecule has 1 fully saturated rings. The molecule has 27 heavy (non-hydrogen) atoms. The van der Waals surface area contributed by atoms with E-state index >= 15 is 0 Å². The Hall–Kier alpha value is -2.22. The highest BCUT2D eigenvalue weighted by molar-refractivity contribution is 8.00. The Labute approximate surface area is 164 Å². The van der Waals surface area contributed by atoms with E-state index in [-0.39, 0.29) is 11.2 Å². The van der Waals surface area contributed by atoms with Gasteiger partial charge in [-0.3, -0.25) is 4.79 Å². The maximum atomic E-state index is 12.8. The van der Waals surface area contributed by atoms with Crippen molar-refractivity contribution >= 4 is 17.7 Å². The zero-order valence-electron chi connectivity index (χ0n) is 16.1. The van der Waals surface area contributed by atoms with E-state index in [0.717, 1.165) is 24.2 Å². The number of rotatable bonds is 6. The molecule has 1 heterocycles. The van der Waals surface area contributed by atoms with Crippen molar-refractivity contribution in [3.05, 3.63) is 24.3 Å². The number of benzene rings is 1. The summed E-state index contributed by atoms with van der Waals surface area (Å²) in [5, 5.41) is 8.62. The summed E-state index contributed by atoms with van der Waals surface area (Å²) < 4.78 is 6.61. The van der Waals surface area contributed by atoms with Crippen LogP contribution in [0.2, 0.25) is 0 Å². The number of carbonyl (C=O) groups is 1. The molecule has 146 valence electrons. The molecule has 8 heteroatoms. The minimum Gasteiger partial charge on any atom is -0.497 e. The molecule has 1 unspecified atom stereocenters. The van der Waals surface area contributed by atoms with E-state index in [1.165, 1.54) is 35.7 Å². The molecule has 1 aliphatic carbocycles. The number of methoxy groups -OCH3 is 1. The number of hydrogen-bond donors (Lipinski definition) is 1. The van der Waals surface area contributed by atoms with Gasteiger partial charge in [-0.1, -0.05) is 31.0 Å². The smallest absolute Gasteiger partial charge is 0.235 e. The fourth-order valence-corrected chi connectivity index (χ4v) is 4.31. The van der Waals surface area contributed by atoms with Gasteiger partial charge in [0.1, 0.15) is 5.75 Å². The van der Waals surface area contributed by atoms with Crippen LogP contribution in [-0.2, 0) is 4.79 Å². The molecule has 7 nitrogen and oxygen atoms in total. The molecule has 1 aromatic carbocycles. The summed E-state index contributed by atoms with van der Waals surface area (Å²) in [4.78, 5) is 14.7. The molecule has 1 aliphatic rings. The van der Waals surface area contributed by atoms with Gasteiger partial charge in [-0.15, -0.1) is 10.2 Å². The van der Waals surface area contributed by atoms with Crippen LogP contribution in [0.5, 0.6) is 5.75 Å². The third-order valence-corrected chi connectivity index (χ3v) is 6.16. The highest BCUT2D eigenvalue weighted by Crippen LogP contribution is 2.28. The van der Waals surface area contributed by atoms with Crippen molar-refractivity contribution in [2.45, 2.75) is 55.5 Å². The van der Waals surface area contributed by atoms with Crippen molar-refractivity contribution in [3.8, 4) is 17.1 Å². The van der Waals surface area contributed by atoms with Crippen molar-refractivity contribution in [2.24, 2.45) is 0 Å². The molecule has 1 saturated carbocycles. The average molecular weight is 390 g/mol. The summed E-state index contributed by atoms with van der Waals surface area (Å²) in [5.41, 5.74) is 0.843. The highest BCUT2D eigenvalue weighted by Gasteiger charge is 2.27. The molecule has 0 bridgehead atoms. The highest BCUT2D eigenvalue weighted by atomic mass is 32.2. The van der Waals surface area contributed by atoms with Crippen LogP contribution in [0.4, 0.5) is 0 Å². The van der Waals surface area contributed by atoms with E-state index in [2.05, 4.69) is 10.2 Å². The second kappa shape index (κ2) is 8.65. The number of aromatic nitrogens is 3. The minimum atomic E-state index is -0.271. The lowest BCUT2D eigenvalue weighted by atomic mass is 9.94. The number of nitrogens with two attached hydrogens (primary N) is 1. The van der Waals surface area contributed by atoms with Crippen molar-refractivity contribution in [1.29, 1.82) is 0 Å². The number of hydrogen-bond acceptors (Lipinski definition) is 6. The third kappa shape index (κ3) is 4.37. The molecule has 2 aromatic rings. The Balaban J connectivity index is 1.68. The van der Waals surface area contributed by atoms with Gasteiger partial charge in [0.05, 0.1) is 12.4 Å². The number of nitrogen functional groups attached to an aromatic ring is 1. The molecular weight excluding hydrogens is 362 g/mol. The van der Waals surface area contributed by atoms with E-state index in [4.69, 9.17) is 10.6 Å². The van der Waals surface area contributed by atoms with Gasteiger partial charge in [0.25, 0.3) is 0 Å². The zero-order chi connectivity index (χ0) is 19.4. The lowest BCUT2D eigenvalue weighted by molar-refractivity contribution is -0.131. The van der Waals surface area contributed by atoms with Gasteiger partial charge in [0.15, 0.2) is 5.82 Å². The quantitative estimate of drug-likeness (QED) is 0.604. The van der Waals surface area contributed by atoms with Crippen molar-refractivity contribution in [1.82, 2.24) is 19.8 Å². The van der Waals surface area contributed by atoms with Gasteiger partial charge in [-0.2, -0.15) is 0 Å². The van der Waals surface area contributed by atoms with Gasteiger partial charge in [0, 0.05) is 18.7 Å². The van der Waals surface area contributed by atoms with E-state index in [0.29, 0.717) is 17.0 Å². The maximum Gasteiger partial charge on any atom is 0.235 e. The lowest BCUT2D eigenvalue weighted by Gasteiger charge is -2.32. The Bertz CT molecular complexity index is 771. The van der Waals surface area contributed by atoms with Crippen LogP contribution in [0.3, 0.4) is 0 Å². The molecule has 1 aromatic heterocycles.